The molecule has 1 aliphatic heterocycles. The van der Waals surface area contributed by atoms with E-state index in [0.29, 0.717) is 25.4 Å². The molecule has 0 aromatic carbocycles. The van der Waals surface area contributed by atoms with Crippen LogP contribution in [-0.2, 0) is 22.8 Å². The van der Waals surface area contributed by atoms with E-state index in [9.17, 15) is 0 Å². The first kappa shape index (κ1) is 20.8. The van der Waals surface area contributed by atoms with Gasteiger partial charge in [-0.3, -0.25) is 0 Å². The van der Waals surface area contributed by atoms with Crippen molar-refractivity contribution in [3.63, 3.8) is 0 Å². The van der Waals surface area contributed by atoms with E-state index < -0.39 is 8.80 Å². The summed E-state index contributed by atoms with van der Waals surface area (Å²) in [6, 6.07) is 0.689. The Morgan fingerprint density at radius 1 is 0.917 bits per heavy atom. The van der Waals surface area contributed by atoms with Crippen LogP contribution in [0.2, 0.25) is 6.04 Å². The van der Waals surface area contributed by atoms with Gasteiger partial charge in [0.2, 0.25) is 0 Å². The SMILES string of the molecule is CCC=CO[Si](CCCOCC1CO1)(OC=CCC)OC=CCC. The van der Waals surface area contributed by atoms with Gasteiger partial charge in [-0.15, -0.1) is 0 Å². The fourth-order valence-electron chi connectivity index (χ4n) is 1.77. The summed E-state index contributed by atoms with van der Waals surface area (Å²) < 4.78 is 28.5. The molecule has 0 radical (unpaired) electrons. The minimum absolute atomic E-state index is 0.295. The first-order valence-electron chi connectivity index (χ1n) is 8.94. The predicted molar refractivity (Wildman–Crippen MR) is 97.3 cm³/mol. The van der Waals surface area contributed by atoms with Gasteiger partial charge in [0.25, 0.3) is 0 Å². The van der Waals surface area contributed by atoms with Crippen LogP contribution in [-0.4, -0.2) is 34.7 Å². The molecule has 0 amide bonds. The summed E-state index contributed by atoms with van der Waals surface area (Å²) in [5.41, 5.74) is 0. The predicted octanol–water partition coefficient (Wildman–Crippen LogP) is 4.55. The van der Waals surface area contributed by atoms with E-state index in [4.69, 9.17) is 22.8 Å². The van der Waals surface area contributed by atoms with Gasteiger partial charge >= 0.3 is 8.80 Å². The lowest BCUT2D eigenvalue weighted by Crippen LogP contribution is -2.41. The Kier molecular flexibility index (Phi) is 11.3. The zero-order valence-corrected chi connectivity index (χ0v) is 16.2. The fourth-order valence-corrected chi connectivity index (χ4v) is 3.78. The van der Waals surface area contributed by atoms with E-state index in [-0.39, 0.29) is 0 Å². The first-order valence-corrected chi connectivity index (χ1v) is 10.9. The maximum Gasteiger partial charge on any atom is 0.698 e. The Morgan fingerprint density at radius 2 is 1.42 bits per heavy atom. The molecular weight excluding hydrogens is 324 g/mol. The summed E-state index contributed by atoms with van der Waals surface area (Å²) in [7, 11) is -2.84. The van der Waals surface area contributed by atoms with Crippen molar-refractivity contribution < 1.29 is 22.8 Å². The highest BCUT2D eigenvalue weighted by molar-refractivity contribution is 6.61. The van der Waals surface area contributed by atoms with E-state index in [2.05, 4.69) is 20.8 Å². The molecule has 6 heteroatoms. The lowest BCUT2D eigenvalue weighted by Gasteiger charge is -2.26. The third-order valence-electron chi connectivity index (χ3n) is 3.22. The van der Waals surface area contributed by atoms with Gasteiger partial charge in [-0.25, -0.2) is 0 Å². The Bertz CT molecular complexity index is 350. The molecule has 1 saturated heterocycles. The average Bonchev–Trinajstić information content (AvgIpc) is 3.39. The number of epoxide rings is 1. The summed E-state index contributed by atoms with van der Waals surface area (Å²) in [5, 5.41) is 0. The maximum absolute atomic E-state index is 5.93. The first-order chi connectivity index (χ1) is 11.8. The largest absolute Gasteiger partial charge is 0.698 e. The van der Waals surface area contributed by atoms with Gasteiger partial charge < -0.3 is 22.8 Å². The van der Waals surface area contributed by atoms with E-state index in [0.717, 1.165) is 32.3 Å². The molecule has 0 spiro atoms. The number of rotatable bonds is 15. The molecule has 1 atom stereocenters. The van der Waals surface area contributed by atoms with Crippen LogP contribution in [0.1, 0.15) is 46.5 Å². The van der Waals surface area contributed by atoms with E-state index in [1.807, 2.05) is 18.2 Å². The molecule has 0 saturated carbocycles. The molecule has 0 N–H and O–H groups in total. The molecule has 1 unspecified atom stereocenters. The quantitative estimate of drug-likeness (QED) is 0.186. The monoisotopic (exact) mass is 356 g/mol. The molecule has 138 valence electrons. The molecule has 0 aliphatic carbocycles. The van der Waals surface area contributed by atoms with Gasteiger partial charge in [-0.2, -0.15) is 0 Å². The van der Waals surface area contributed by atoms with Crippen molar-refractivity contribution in [1.29, 1.82) is 0 Å². The Hall–Kier alpha value is -1.24. The van der Waals surface area contributed by atoms with Crippen LogP contribution in [0.4, 0.5) is 0 Å². The van der Waals surface area contributed by atoms with Crippen molar-refractivity contribution in [2.24, 2.45) is 0 Å². The van der Waals surface area contributed by atoms with Crippen molar-refractivity contribution in [2.75, 3.05) is 19.8 Å². The Morgan fingerprint density at radius 3 is 1.83 bits per heavy atom. The fraction of sp³-hybridized carbons (Fsp3) is 0.667. The normalized spacial score (nSPS) is 19.9. The second-order valence-corrected chi connectivity index (χ2v) is 8.08. The summed E-state index contributed by atoms with van der Waals surface area (Å²) in [5.74, 6) is 0. The summed E-state index contributed by atoms with van der Waals surface area (Å²) in [6.07, 6.45) is 14.8. The summed E-state index contributed by atoms with van der Waals surface area (Å²) >= 11 is 0. The molecular formula is C18H32O5Si. The second kappa shape index (κ2) is 13.1. The van der Waals surface area contributed by atoms with Gasteiger partial charge in [-0.1, -0.05) is 39.0 Å². The van der Waals surface area contributed by atoms with Crippen molar-refractivity contribution in [2.45, 2.75) is 58.6 Å². The average molecular weight is 357 g/mol. The maximum atomic E-state index is 5.93. The highest BCUT2D eigenvalue weighted by atomic mass is 28.4. The van der Waals surface area contributed by atoms with Crippen molar-refractivity contribution in [3.8, 4) is 0 Å². The Labute approximate surface area is 147 Å². The zero-order chi connectivity index (χ0) is 17.5. The number of ether oxygens (including phenoxy) is 2. The number of hydrogen-bond acceptors (Lipinski definition) is 5. The van der Waals surface area contributed by atoms with Crippen LogP contribution in [0.3, 0.4) is 0 Å². The molecule has 5 nitrogen and oxygen atoms in total. The lowest BCUT2D eigenvalue weighted by atomic mass is 10.5. The third-order valence-corrected chi connectivity index (χ3v) is 5.67. The van der Waals surface area contributed by atoms with Gasteiger partial charge in [-0.05, 0) is 25.7 Å². The van der Waals surface area contributed by atoms with Crippen molar-refractivity contribution in [1.82, 2.24) is 0 Å². The van der Waals surface area contributed by atoms with Gasteiger partial charge in [0, 0.05) is 6.61 Å². The Balaban J connectivity index is 2.58. The molecule has 24 heavy (non-hydrogen) atoms. The summed E-state index contributed by atoms with van der Waals surface area (Å²) in [4.78, 5) is 0. The zero-order valence-electron chi connectivity index (χ0n) is 15.2. The number of allylic oxidation sites excluding steroid dienone is 3. The lowest BCUT2D eigenvalue weighted by molar-refractivity contribution is 0.111. The standard InChI is InChI=1S/C18H32O5Si/c1-4-7-12-21-24(22-13-8-5-2,23-14-9-6-3)15-10-11-19-16-18-17-20-18/h7-9,12-14,18H,4-6,10-11,15-17H2,1-3H3. The van der Waals surface area contributed by atoms with Crippen LogP contribution in [0.5, 0.6) is 0 Å². The van der Waals surface area contributed by atoms with E-state index >= 15 is 0 Å². The van der Waals surface area contributed by atoms with Crippen LogP contribution in [0, 0.1) is 0 Å². The molecule has 1 fully saturated rings. The minimum atomic E-state index is -2.84. The van der Waals surface area contributed by atoms with Crippen molar-refractivity contribution >= 4 is 8.80 Å². The number of hydrogen-bond donors (Lipinski definition) is 0. The highest BCUT2D eigenvalue weighted by Crippen LogP contribution is 2.20. The molecule has 0 bridgehead atoms. The third kappa shape index (κ3) is 9.80. The molecule has 0 aromatic heterocycles. The van der Waals surface area contributed by atoms with Gasteiger partial charge in [0.15, 0.2) is 0 Å². The van der Waals surface area contributed by atoms with E-state index in [1.165, 1.54) is 0 Å². The van der Waals surface area contributed by atoms with Gasteiger partial charge in [0.05, 0.1) is 38.0 Å². The smallest absolute Gasteiger partial charge is 0.490 e. The second-order valence-electron chi connectivity index (χ2n) is 5.51. The summed E-state index contributed by atoms with van der Waals surface area (Å²) in [6.45, 7) is 8.32. The van der Waals surface area contributed by atoms with E-state index in [1.54, 1.807) is 18.8 Å². The van der Waals surface area contributed by atoms with Crippen LogP contribution >= 0.6 is 0 Å². The molecule has 0 aromatic rings. The molecule has 1 rings (SSSR count). The van der Waals surface area contributed by atoms with Crippen LogP contribution in [0.25, 0.3) is 0 Å². The van der Waals surface area contributed by atoms with Crippen LogP contribution in [0.15, 0.2) is 37.0 Å². The van der Waals surface area contributed by atoms with Crippen LogP contribution < -0.4 is 0 Å². The molecule has 1 heterocycles. The minimum Gasteiger partial charge on any atom is -0.490 e. The highest BCUT2D eigenvalue weighted by Gasteiger charge is 2.45. The molecule has 1 aliphatic rings. The topological polar surface area (TPSA) is 49.5 Å². The van der Waals surface area contributed by atoms with Gasteiger partial charge in [0.1, 0.15) is 6.10 Å². The van der Waals surface area contributed by atoms with Crippen molar-refractivity contribution in [3.05, 3.63) is 37.0 Å².